The summed E-state index contributed by atoms with van der Waals surface area (Å²) in [6, 6.07) is 3.51. The van der Waals surface area contributed by atoms with Crippen LogP contribution in [0.2, 0.25) is 0 Å². The second kappa shape index (κ2) is 6.79. The SMILES string of the molecule is CCOc1ncccc1NC(=O)CCCN. The first-order chi connectivity index (χ1) is 7.77. The number of carbonyl (C=O) groups is 1. The number of aromatic nitrogens is 1. The number of nitrogens with zero attached hydrogens (tertiary/aromatic N) is 1. The van der Waals surface area contributed by atoms with Gasteiger partial charge in [-0.3, -0.25) is 4.79 Å². The monoisotopic (exact) mass is 223 g/mol. The van der Waals surface area contributed by atoms with Gasteiger partial charge in [-0.2, -0.15) is 0 Å². The van der Waals surface area contributed by atoms with Crippen LogP contribution < -0.4 is 15.8 Å². The number of carbonyl (C=O) groups excluding carboxylic acids is 1. The molecule has 0 saturated carbocycles. The molecule has 0 bridgehead atoms. The van der Waals surface area contributed by atoms with Gasteiger partial charge >= 0.3 is 0 Å². The summed E-state index contributed by atoms with van der Waals surface area (Å²) < 4.78 is 5.29. The van der Waals surface area contributed by atoms with E-state index in [9.17, 15) is 4.79 Å². The third kappa shape index (κ3) is 3.86. The van der Waals surface area contributed by atoms with E-state index in [2.05, 4.69) is 10.3 Å². The van der Waals surface area contributed by atoms with Crippen LogP contribution >= 0.6 is 0 Å². The largest absolute Gasteiger partial charge is 0.476 e. The maximum Gasteiger partial charge on any atom is 0.237 e. The van der Waals surface area contributed by atoms with Gasteiger partial charge in [0.2, 0.25) is 11.8 Å². The zero-order chi connectivity index (χ0) is 11.8. The Morgan fingerprint density at radius 2 is 2.44 bits per heavy atom. The predicted octanol–water partition coefficient (Wildman–Crippen LogP) is 1.16. The molecule has 5 heteroatoms. The van der Waals surface area contributed by atoms with Gasteiger partial charge in [0.25, 0.3) is 0 Å². The molecule has 0 atom stereocenters. The van der Waals surface area contributed by atoms with E-state index in [0.29, 0.717) is 37.6 Å². The number of hydrogen-bond donors (Lipinski definition) is 2. The summed E-state index contributed by atoms with van der Waals surface area (Å²) in [7, 11) is 0. The molecule has 0 fully saturated rings. The molecule has 0 aromatic carbocycles. The van der Waals surface area contributed by atoms with Gasteiger partial charge in [-0.15, -0.1) is 0 Å². The normalized spacial score (nSPS) is 9.88. The quantitative estimate of drug-likeness (QED) is 0.758. The van der Waals surface area contributed by atoms with Crippen LogP contribution in [0.3, 0.4) is 0 Å². The molecule has 0 spiro atoms. The smallest absolute Gasteiger partial charge is 0.237 e. The van der Waals surface area contributed by atoms with Crippen molar-refractivity contribution in [3.05, 3.63) is 18.3 Å². The molecule has 5 nitrogen and oxygen atoms in total. The van der Waals surface area contributed by atoms with Gasteiger partial charge in [0, 0.05) is 12.6 Å². The molecule has 1 aromatic rings. The highest BCUT2D eigenvalue weighted by Crippen LogP contribution is 2.20. The summed E-state index contributed by atoms with van der Waals surface area (Å²) in [5.41, 5.74) is 5.93. The van der Waals surface area contributed by atoms with Crippen LogP contribution in [0.15, 0.2) is 18.3 Å². The minimum Gasteiger partial charge on any atom is -0.476 e. The molecule has 1 heterocycles. The van der Waals surface area contributed by atoms with Crippen molar-refractivity contribution in [2.24, 2.45) is 5.73 Å². The molecule has 1 aromatic heterocycles. The fourth-order valence-electron chi connectivity index (χ4n) is 1.21. The van der Waals surface area contributed by atoms with Crippen molar-refractivity contribution < 1.29 is 9.53 Å². The van der Waals surface area contributed by atoms with Crippen molar-refractivity contribution in [2.45, 2.75) is 19.8 Å². The molecule has 1 amide bonds. The molecule has 0 aliphatic carbocycles. The van der Waals surface area contributed by atoms with E-state index in [0.717, 1.165) is 0 Å². The lowest BCUT2D eigenvalue weighted by molar-refractivity contribution is -0.116. The van der Waals surface area contributed by atoms with Gasteiger partial charge in [-0.05, 0) is 32.0 Å². The van der Waals surface area contributed by atoms with Crippen LogP contribution in [0, 0.1) is 0 Å². The fraction of sp³-hybridized carbons (Fsp3) is 0.455. The molecular formula is C11H17N3O2. The maximum absolute atomic E-state index is 11.5. The number of hydrogen-bond acceptors (Lipinski definition) is 4. The highest BCUT2D eigenvalue weighted by atomic mass is 16.5. The lowest BCUT2D eigenvalue weighted by Crippen LogP contribution is -2.14. The number of nitrogens with one attached hydrogen (secondary N) is 1. The summed E-state index contributed by atoms with van der Waals surface area (Å²) in [4.78, 5) is 15.5. The van der Waals surface area contributed by atoms with E-state index in [1.165, 1.54) is 0 Å². The Hall–Kier alpha value is -1.62. The third-order valence-corrected chi connectivity index (χ3v) is 1.93. The molecule has 0 aliphatic heterocycles. The first-order valence-corrected chi connectivity index (χ1v) is 5.35. The van der Waals surface area contributed by atoms with E-state index in [-0.39, 0.29) is 5.91 Å². The van der Waals surface area contributed by atoms with Gasteiger partial charge in [0.05, 0.1) is 6.61 Å². The van der Waals surface area contributed by atoms with Crippen LogP contribution in [0.25, 0.3) is 0 Å². The Morgan fingerprint density at radius 1 is 1.62 bits per heavy atom. The molecule has 0 radical (unpaired) electrons. The number of ether oxygens (including phenoxy) is 1. The minimum atomic E-state index is -0.0700. The molecule has 88 valence electrons. The first-order valence-electron chi connectivity index (χ1n) is 5.35. The van der Waals surface area contributed by atoms with E-state index in [1.54, 1.807) is 18.3 Å². The summed E-state index contributed by atoms with van der Waals surface area (Å²) in [5.74, 6) is 0.380. The third-order valence-electron chi connectivity index (χ3n) is 1.93. The highest BCUT2D eigenvalue weighted by Gasteiger charge is 2.07. The van der Waals surface area contributed by atoms with E-state index in [4.69, 9.17) is 10.5 Å². The zero-order valence-corrected chi connectivity index (χ0v) is 9.40. The number of rotatable bonds is 6. The van der Waals surface area contributed by atoms with Crippen molar-refractivity contribution in [3.63, 3.8) is 0 Å². The van der Waals surface area contributed by atoms with E-state index in [1.807, 2.05) is 6.92 Å². The topological polar surface area (TPSA) is 77.2 Å². The number of anilines is 1. The Labute approximate surface area is 95.0 Å². The van der Waals surface area contributed by atoms with Crippen LogP contribution in [-0.2, 0) is 4.79 Å². The molecule has 0 unspecified atom stereocenters. The predicted molar refractivity (Wildman–Crippen MR) is 62.3 cm³/mol. The van der Waals surface area contributed by atoms with Gasteiger partial charge < -0.3 is 15.8 Å². The Balaban J connectivity index is 2.61. The van der Waals surface area contributed by atoms with Gasteiger partial charge in [-0.1, -0.05) is 0 Å². The van der Waals surface area contributed by atoms with E-state index < -0.39 is 0 Å². The second-order valence-electron chi connectivity index (χ2n) is 3.23. The Morgan fingerprint density at radius 3 is 3.12 bits per heavy atom. The van der Waals surface area contributed by atoms with Crippen LogP contribution in [0.1, 0.15) is 19.8 Å². The second-order valence-corrected chi connectivity index (χ2v) is 3.23. The summed E-state index contributed by atoms with van der Waals surface area (Å²) >= 11 is 0. The van der Waals surface area contributed by atoms with Crippen LogP contribution in [0.4, 0.5) is 5.69 Å². The van der Waals surface area contributed by atoms with Crippen molar-refractivity contribution in [2.75, 3.05) is 18.5 Å². The first kappa shape index (κ1) is 12.4. The molecule has 0 saturated heterocycles. The molecule has 3 N–H and O–H groups in total. The molecule has 0 aliphatic rings. The lowest BCUT2D eigenvalue weighted by atomic mass is 10.3. The Kier molecular flexibility index (Phi) is 5.28. The number of nitrogens with two attached hydrogens (primary N) is 1. The maximum atomic E-state index is 11.5. The average Bonchev–Trinajstić information content (AvgIpc) is 2.29. The van der Waals surface area contributed by atoms with Crippen molar-refractivity contribution >= 4 is 11.6 Å². The molecular weight excluding hydrogens is 206 g/mol. The standard InChI is InChI=1S/C11H17N3O2/c1-2-16-11-9(5-4-8-13-11)14-10(15)6-3-7-12/h4-5,8H,2-3,6-7,12H2,1H3,(H,14,15). The number of pyridine rings is 1. The van der Waals surface area contributed by atoms with Crippen LogP contribution in [-0.4, -0.2) is 24.0 Å². The summed E-state index contributed by atoms with van der Waals surface area (Å²) in [6.45, 7) is 2.90. The van der Waals surface area contributed by atoms with E-state index >= 15 is 0 Å². The van der Waals surface area contributed by atoms with Gasteiger partial charge in [-0.25, -0.2) is 4.98 Å². The van der Waals surface area contributed by atoms with Crippen molar-refractivity contribution in [3.8, 4) is 5.88 Å². The van der Waals surface area contributed by atoms with Crippen LogP contribution in [0.5, 0.6) is 5.88 Å². The number of amides is 1. The zero-order valence-electron chi connectivity index (χ0n) is 9.40. The van der Waals surface area contributed by atoms with Gasteiger partial charge in [0.15, 0.2) is 0 Å². The van der Waals surface area contributed by atoms with Crippen molar-refractivity contribution in [1.82, 2.24) is 4.98 Å². The lowest BCUT2D eigenvalue weighted by Gasteiger charge is -2.09. The Bertz CT molecular complexity index is 342. The minimum absolute atomic E-state index is 0.0700. The fourth-order valence-corrected chi connectivity index (χ4v) is 1.21. The van der Waals surface area contributed by atoms with Gasteiger partial charge in [0.1, 0.15) is 5.69 Å². The summed E-state index contributed by atoms with van der Waals surface area (Å²) in [6.07, 6.45) is 2.72. The highest BCUT2D eigenvalue weighted by molar-refractivity contribution is 5.91. The summed E-state index contributed by atoms with van der Waals surface area (Å²) in [5, 5.41) is 2.75. The average molecular weight is 223 g/mol. The molecule has 1 rings (SSSR count). The molecule has 16 heavy (non-hydrogen) atoms. The van der Waals surface area contributed by atoms with Crippen molar-refractivity contribution in [1.29, 1.82) is 0 Å².